The molecule has 1 heterocycles. The van der Waals surface area contributed by atoms with Crippen molar-refractivity contribution in [2.24, 2.45) is 0 Å². The van der Waals surface area contributed by atoms with Crippen molar-refractivity contribution < 1.29 is 18.1 Å². The van der Waals surface area contributed by atoms with E-state index in [9.17, 15) is 23.3 Å². The van der Waals surface area contributed by atoms with E-state index < -0.39 is 28.2 Å². The number of nitro groups is 1. The molecule has 0 aliphatic rings. The minimum Gasteiger partial charge on any atom is -0.378 e. The fraction of sp³-hybridized carbons (Fsp3) is 0.167. The zero-order valence-electron chi connectivity index (χ0n) is 11.7. The third kappa shape index (κ3) is 3.56. The lowest BCUT2D eigenvalue weighted by atomic mass is 10.2. The number of halogens is 3. The molecule has 0 aliphatic heterocycles. The third-order valence-corrected chi connectivity index (χ3v) is 2.78. The number of nitrogens with zero attached hydrogens (tertiary/aromatic N) is 3. The Morgan fingerprint density at radius 2 is 2.00 bits per heavy atom. The van der Waals surface area contributed by atoms with Gasteiger partial charge in [0.25, 0.3) is 0 Å². The van der Waals surface area contributed by atoms with E-state index in [1.54, 1.807) is 0 Å². The molecule has 0 saturated heterocycles. The summed E-state index contributed by atoms with van der Waals surface area (Å²) in [6.07, 6.45) is -4.50. The monoisotopic (exact) mass is 328 g/mol. The van der Waals surface area contributed by atoms with Crippen molar-refractivity contribution in [3.8, 4) is 0 Å². The van der Waals surface area contributed by atoms with Crippen LogP contribution in [0.2, 0.25) is 0 Å². The van der Waals surface area contributed by atoms with Gasteiger partial charge in [0.05, 0.1) is 10.5 Å². The number of alkyl halides is 3. The number of benzene rings is 1. The SMILES string of the molecule is CNc1nc(Nc2cccc(C(F)(F)F)c2)nc(N)c1[N+](=O)[O-]. The molecule has 0 radical (unpaired) electrons. The first-order valence-corrected chi connectivity index (χ1v) is 6.16. The second kappa shape index (κ2) is 5.94. The highest BCUT2D eigenvalue weighted by Crippen LogP contribution is 2.32. The smallest absolute Gasteiger partial charge is 0.378 e. The van der Waals surface area contributed by atoms with Gasteiger partial charge in [-0.15, -0.1) is 0 Å². The quantitative estimate of drug-likeness (QED) is 0.583. The molecule has 1 aromatic heterocycles. The standard InChI is InChI=1S/C12H11F3N6O2/c1-17-10-8(21(22)23)9(16)19-11(20-10)18-7-4-2-3-6(5-7)12(13,14)15/h2-5H,1H3,(H4,16,17,18,19,20). The van der Waals surface area contributed by atoms with E-state index in [0.29, 0.717) is 0 Å². The number of nitrogen functional groups attached to an aromatic ring is 1. The van der Waals surface area contributed by atoms with Crippen LogP contribution in [0.4, 0.5) is 42.1 Å². The van der Waals surface area contributed by atoms with Gasteiger partial charge in [-0.3, -0.25) is 10.1 Å². The maximum atomic E-state index is 12.7. The van der Waals surface area contributed by atoms with E-state index in [1.165, 1.54) is 19.2 Å². The molecule has 0 fully saturated rings. The number of nitrogens with two attached hydrogens (primary N) is 1. The van der Waals surface area contributed by atoms with Crippen molar-refractivity contribution in [2.45, 2.75) is 6.18 Å². The Balaban J connectivity index is 2.38. The average molecular weight is 328 g/mol. The molecule has 2 aromatic rings. The summed E-state index contributed by atoms with van der Waals surface area (Å²) in [6.45, 7) is 0. The van der Waals surface area contributed by atoms with Gasteiger partial charge in [-0.2, -0.15) is 23.1 Å². The van der Waals surface area contributed by atoms with Crippen molar-refractivity contribution in [3.05, 3.63) is 39.9 Å². The Bertz CT molecular complexity index is 750. The highest BCUT2D eigenvalue weighted by molar-refractivity contribution is 5.71. The normalized spacial score (nSPS) is 11.1. The number of nitrogens with one attached hydrogen (secondary N) is 2. The van der Waals surface area contributed by atoms with Crippen molar-refractivity contribution >= 4 is 29.0 Å². The number of anilines is 4. The first-order valence-electron chi connectivity index (χ1n) is 6.16. The van der Waals surface area contributed by atoms with Crippen LogP contribution in [0.25, 0.3) is 0 Å². The third-order valence-electron chi connectivity index (χ3n) is 2.78. The summed E-state index contributed by atoms with van der Waals surface area (Å²) < 4.78 is 38.0. The molecule has 23 heavy (non-hydrogen) atoms. The Kier molecular flexibility index (Phi) is 4.20. The van der Waals surface area contributed by atoms with Gasteiger partial charge >= 0.3 is 11.9 Å². The molecule has 0 atom stereocenters. The molecule has 0 saturated carbocycles. The number of hydrogen-bond acceptors (Lipinski definition) is 7. The molecule has 0 spiro atoms. The number of hydrogen-bond donors (Lipinski definition) is 3. The average Bonchev–Trinajstić information content (AvgIpc) is 2.45. The topological polar surface area (TPSA) is 119 Å². The highest BCUT2D eigenvalue weighted by Gasteiger charge is 2.30. The molecule has 0 bridgehead atoms. The second-order valence-electron chi connectivity index (χ2n) is 4.34. The van der Waals surface area contributed by atoms with Gasteiger partial charge in [0, 0.05) is 12.7 Å². The predicted octanol–water partition coefficient (Wildman–Crippen LogP) is 2.77. The van der Waals surface area contributed by atoms with Gasteiger partial charge in [0.15, 0.2) is 0 Å². The van der Waals surface area contributed by atoms with Crippen molar-refractivity contribution in [1.29, 1.82) is 0 Å². The molecular weight excluding hydrogens is 317 g/mol. The summed E-state index contributed by atoms with van der Waals surface area (Å²) in [6, 6.07) is 4.35. The van der Waals surface area contributed by atoms with Crippen LogP contribution in [0.3, 0.4) is 0 Å². The van der Waals surface area contributed by atoms with E-state index in [4.69, 9.17) is 5.73 Å². The van der Waals surface area contributed by atoms with E-state index in [-0.39, 0.29) is 17.5 Å². The summed E-state index contributed by atoms with van der Waals surface area (Å²) in [5.41, 5.74) is 4.20. The highest BCUT2D eigenvalue weighted by atomic mass is 19.4. The second-order valence-corrected chi connectivity index (χ2v) is 4.34. The van der Waals surface area contributed by atoms with Crippen molar-refractivity contribution in [3.63, 3.8) is 0 Å². The Morgan fingerprint density at radius 1 is 1.30 bits per heavy atom. The Labute approximate surface area is 127 Å². The summed E-state index contributed by atoms with van der Waals surface area (Å²) in [4.78, 5) is 17.6. The number of aromatic nitrogens is 2. The van der Waals surface area contributed by atoms with Crippen molar-refractivity contribution in [2.75, 3.05) is 23.4 Å². The van der Waals surface area contributed by atoms with Crippen LogP contribution < -0.4 is 16.4 Å². The predicted molar refractivity (Wildman–Crippen MR) is 77.4 cm³/mol. The molecule has 122 valence electrons. The van der Waals surface area contributed by atoms with Crippen molar-refractivity contribution in [1.82, 2.24) is 9.97 Å². The fourth-order valence-corrected chi connectivity index (χ4v) is 1.78. The largest absolute Gasteiger partial charge is 0.416 e. The molecule has 11 heteroatoms. The van der Waals surface area contributed by atoms with Crippen LogP contribution in [0.5, 0.6) is 0 Å². The van der Waals surface area contributed by atoms with E-state index in [2.05, 4.69) is 20.6 Å². The number of rotatable bonds is 4. The van der Waals surface area contributed by atoms with Crippen LogP contribution in [0, 0.1) is 10.1 Å². The lowest BCUT2D eigenvalue weighted by Gasteiger charge is -2.11. The summed E-state index contributed by atoms with van der Waals surface area (Å²) in [5, 5.41) is 15.9. The Hall–Kier alpha value is -3.11. The molecule has 0 amide bonds. The van der Waals surface area contributed by atoms with E-state index in [1.807, 2.05) is 0 Å². The minimum absolute atomic E-state index is 0.0649. The summed E-state index contributed by atoms with van der Waals surface area (Å²) in [7, 11) is 1.39. The van der Waals surface area contributed by atoms with Crippen LogP contribution >= 0.6 is 0 Å². The minimum atomic E-state index is -4.50. The molecule has 4 N–H and O–H groups in total. The van der Waals surface area contributed by atoms with Gasteiger partial charge < -0.3 is 16.4 Å². The lowest BCUT2D eigenvalue weighted by Crippen LogP contribution is -2.09. The lowest BCUT2D eigenvalue weighted by molar-refractivity contribution is -0.383. The molecule has 0 unspecified atom stereocenters. The zero-order valence-corrected chi connectivity index (χ0v) is 11.7. The van der Waals surface area contributed by atoms with Crippen LogP contribution in [-0.4, -0.2) is 21.9 Å². The summed E-state index contributed by atoms with van der Waals surface area (Å²) >= 11 is 0. The zero-order chi connectivity index (χ0) is 17.2. The van der Waals surface area contributed by atoms with Crippen LogP contribution in [0.1, 0.15) is 5.56 Å². The Morgan fingerprint density at radius 3 is 2.57 bits per heavy atom. The van der Waals surface area contributed by atoms with Crippen LogP contribution in [0.15, 0.2) is 24.3 Å². The molecule has 1 aromatic carbocycles. The first kappa shape index (κ1) is 16.3. The van der Waals surface area contributed by atoms with Gasteiger partial charge in [-0.1, -0.05) is 6.07 Å². The maximum absolute atomic E-state index is 12.7. The van der Waals surface area contributed by atoms with Gasteiger partial charge in [0.2, 0.25) is 17.6 Å². The van der Waals surface area contributed by atoms with Crippen LogP contribution in [-0.2, 0) is 6.18 Å². The van der Waals surface area contributed by atoms with Gasteiger partial charge in [-0.05, 0) is 18.2 Å². The summed E-state index contributed by atoms with van der Waals surface area (Å²) in [5.74, 6) is -0.738. The van der Waals surface area contributed by atoms with E-state index >= 15 is 0 Å². The first-order chi connectivity index (χ1) is 10.7. The molecule has 8 nitrogen and oxygen atoms in total. The molecular formula is C12H11F3N6O2. The van der Waals surface area contributed by atoms with Gasteiger partial charge in [0.1, 0.15) is 0 Å². The van der Waals surface area contributed by atoms with E-state index in [0.717, 1.165) is 12.1 Å². The fourth-order valence-electron chi connectivity index (χ4n) is 1.78. The van der Waals surface area contributed by atoms with Gasteiger partial charge in [-0.25, -0.2) is 0 Å². The molecule has 0 aliphatic carbocycles. The maximum Gasteiger partial charge on any atom is 0.416 e. The molecule has 2 rings (SSSR count).